The number of nitrogens with two attached hydrogens (primary N) is 1. The lowest BCUT2D eigenvalue weighted by Gasteiger charge is -2.14. The van der Waals surface area contributed by atoms with E-state index >= 15 is 0 Å². The highest BCUT2D eigenvalue weighted by molar-refractivity contribution is 7.99. The predicted octanol–water partition coefficient (Wildman–Crippen LogP) is 0.217. The number of thioether (sulfide) groups is 1. The summed E-state index contributed by atoms with van der Waals surface area (Å²) in [6, 6.07) is 0. The van der Waals surface area contributed by atoms with Gasteiger partial charge in [0.1, 0.15) is 0 Å². The number of rotatable bonds is 5. The van der Waals surface area contributed by atoms with Gasteiger partial charge < -0.3 is 10.6 Å². The van der Waals surface area contributed by atoms with E-state index in [0.717, 1.165) is 25.9 Å². The first kappa shape index (κ1) is 11.4. The molecular formula is C9H16N2O2S. The van der Waals surface area contributed by atoms with Gasteiger partial charge in [-0.2, -0.15) is 11.8 Å². The molecular weight excluding hydrogens is 200 g/mol. The van der Waals surface area contributed by atoms with E-state index in [2.05, 4.69) is 0 Å². The van der Waals surface area contributed by atoms with Crippen molar-refractivity contribution in [1.29, 1.82) is 0 Å². The van der Waals surface area contributed by atoms with Crippen molar-refractivity contribution in [2.24, 2.45) is 5.73 Å². The molecule has 1 aliphatic rings. The summed E-state index contributed by atoms with van der Waals surface area (Å²) < 4.78 is 0. The summed E-state index contributed by atoms with van der Waals surface area (Å²) in [6.45, 7) is 1.80. The first-order valence-corrected chi connectivity index (χ1v) is 5.99. The first-order valence-electron chi connectivity index (χ1n) is 4.84. The van der Waals surface area contributed by atoms with Gasteiger partial charge in [0.05, 0.1) is 5.75 Å². The topological polar surface area (TPSA) is 63.4 Å². The molecule has 0 spiro atoms. The van der Waals surface area contributed by atoms with Crippen molar-refractivity contribution in [2.75, 3.05) is 24.6 Å². The standard InChI is InChI=1S/C9H16N2O2S/c10-8(12)7-14-6-3-9(13)11-4-1-2-5-11/h1-7H2,(H2,10,12). The maximum Gasteiger partial charge on any atom is 0.227 e. The molecule has 0 aromatic carbocycles. The van der Waals surface area contributed by atoms with Gasteiger partial charge in [-0.25, -0.2) is 0 Å². The van der Waals surface area contributed by atoms with Gasteiger partial charge in [-0.15, -0.1) is 0 Å². The van der Waals surface area contributed by atoms with Gasteiger partial charge in [-0.1, -0.05) is 0 Å². The Balaban J connectivity index is 2.05. The number of carbonyl (C=O) groups excluding carboxylic acids is 2. The maximum absolute atomic E-state index is 11.5. The van der Waals surface area contributed by atoms with Crippen molar-refractivity contribution >= 4 is 23.6 Å². The van der Waals surface area contributed by atoms with E-state index in [0.29, 0.717) is 17.9 Å². The highest BCUT2D eigenvalue weighted by Gasteiger charge is 2.16. The molecule has 2 amide bonds. The molecule has 1 heterocycles. The van der Waals surface area contributed by atoms with Crippen LogP contribution in [-0.4, -0.2) is 41.3 Å². The summed E-state index contributed by atoms with van der Waals surface area (Å²) in [5, 5.41) is 0. The Hall–Kier alpha value is -0.710. The largest absolute Gasteiger partial charge is 0.369 e. The fourth-order valence-corrected chi connectivity index (χ4v) is 2.12. The van der Waals surface area contributed by atoms with E-state index in [1.165, 1.54) is 11.8 Å². The molecule has 0 aromatic rings. The Labute approximate surface area is 88.2 Å². The van der Waals surface area contributed by atoms with Crippen LogP contribution in [0.5, 0.6) is 0 Å². The summed E-state index contributed by atoms with van der Waals surface area (Å²) >= 11 is 1.43. The van der Waals surface area contributed by atoms with Crippen LogP contribution in [0, 0.1) is 0 Å². The van der Waals surface area contributed by atoms with Crippen LogP contribution in [0.4, 0.5) is 0 Å². The minimum atomic E-state index is -0.316. The second-order valence-corrected chi connectivity index (χ2v) is 4.46. The Morgan fingerprint density at radius 2 is 1.93 bits per heavy atom. The predicted molar refractivity (Wildman–Crippen MR) is 57.0 cm³/mol. The van der Waals surface area contributed by atoms with E-state index in [9.17, 15) is 9.59 Å². The minimum Gasteiger partial charge on any atom is -0.369 e. The summed E-state index contributed by atoms with van der Waals surface area (Å²) in [5.74, 6) is 0.897. The first-order chi connectivity index (χ1) is 6.70. The monoisotopic (exact) mass is 216 g/mol. The van der Waals surface area contributed by atoms with Crippen molar-refractivity contribution in [3.63, 3.8) is 0 Å². The molecule has 80 valence electrons. The van der Waals surface area contributed by atoms with Gasteiger partial charge in [0.25, 0.3) is 0 Å². The van der Waals surface area contributed by atoms with Crippen LogP contribution in [0.25, 0.3) is 0 Å². The van der Waals surface area contributed by atoms with Crippen molar-refractivity contribution in [2.45, 2.75) is 19.3 Å². The summed E-state index contributed by atoms with van der Waals surface area (Å²) in [4.78, 5) is 23.8. The molecule has 5 heteroatoms. The molecule has 0 unspecified atom stereocenters. The van der Waals surface area contributed by atoms with Crippen LogP contribution in [-0.2, 0) is 9.59 Å². The molecule has 1 aliphatic heterocycles. The maximum atomic E-state index is 11.5. The number of hydrogen-bond acceptors (Lipinski definition) is 3. The van der Waals surface area contributed by atoms with E-state index in [1.54, 1.807) is 0 Å². The number of primary amides is 1. The molecule has 0 atom stereocenters. The summed E-state index contributed by atoms with van der Waals surface area (Å²) in [5.41, 5.74) is 4.98. The van der Waals surface area contributed by atoms with E-state index in [4.69, 9.17) is 5.73 Å². The van der Waals surface area contributed by atoms with E-state index in [1.807, 2.05) is 4.90 Å². The fraction of sp³-hybridized carbons (Fsp3) is 0.778. The smallest absolute Gasteiger partial charge is 0.227 e. The number of hydrogen-bond donors (Lipinski definition) is 1. The van der Waals surface area contributed by atoms with Crippen LogP contribution in [0.15, 0.2) is 0 Å². The summed E-state index contributed by atoms with van der Waals surface area (Å²) in [6.07, 6.45) is 2.78. The molecule has 0 aliphatic carbocycles. The van der Waals surface area contributed by atoms with Gasteiger partial charge in [0, 0.05) is 25.3 Å². The van der Waals surface area contributed by atoms with Crippen LogP contribution in [0.1, 0.15) is 19.3 Å². The van der Waals surface area contributed by atoms with Crippen LogP contribution in [0.2, 0.25) is 0 Å². The third-order valence-electron chi connectivity index (χ3n) is 2.16. The zero-order valence-electron chi connectivity index (χ0n) is 8.20. The van der Waals surface area contributed by atoms with Crippen molar-refractivity contribution in [1.82, 2.24) is 4.90 Å². The number of carbonyl (C=O) groups is 2. The van der Waals surface area contributed by atoms with Crippen molar-refractivity contribution in [3.8, 4) is 0 Å². The van der Waals surface area contributed by atoms with Crippen molar-refractivity contribution in [3.05, 3.63) is 0 Å². The van der Waals surface area contributed by atoms with E-state index in [-0.39, 0.29) is 11.8 Å². The second kappa shape index (κ2) is 5.90. The number of nitrogens with zero attached hydrogens (tertiary/aromatic N) is 1. The second-order valence-electron chi connectivity index (χ2n) is 3.36. The van der Waals surface area contributed by atoms with Gasteiger partial charge in [0.2, 0.25) is 11.8 Å². The lowest BCUT2D eigenvalue weighted by Crippen LogP contribution is -2.27. The Morgan fingerprint density at radius 1 is 1.29 bits per heavy atom. The zero-order chi connectivity index (χ0) is 10.4. The molecule has 1 fully saturated rings. The van der Waals surface area contributed by atoms with Gasteiger partial charge in [0.15, 0.2) is 0 Å². The lowest BCUT2D eigenvalue weighted by atomic mass is 10.4. The molecule has 2 N–H and O–H groups in total. The van der Waals surface area contributed by atoms with Crippen LogP contribution >= 0.6 is 11.8 Å². The Bertz CT molecular complexity index is 215. The third-order valence-corrected chi connectivity index (χ3v) is 3.14. The molecule has 1 saturated heterocycles. The van der Waals surface area contributed by atoms with E-state index < -0.39 is 0 Å². The minimum absolute atomic E-state index is 0.208. The molecule has 0 radical (unpaired) electrons. The molecule has 14 heavy (non-hydrogen) atoms. The highest BCUT2D eigenvalue weighted by atomic mass is 32.2. The average Bonchev–Trinajstić information content (AvgIpc) is 2.64. The zero-order valence-corrected chi connectivity index (χ0v) is 9.02. The van der Waals surface area contributed by atoms with Crippen molar-refractivity contribution < 1.29 is 9.59 Å². The molecule has 1 rings (SSSR count). The third kappa shape index (κ3) is 4.00. The lowest BCUT2D eigenvalue weighted by molar-refractivity contribution is -0.129. The quantitative estimate of drug-likeness (QED) is 0.669. The molecule has 0 bridgehead atoms. The number of likely N-dealkylation sites (tertiary alicyclic amines) is 1. The molecule has 0 aromatic heterocycles. The Morgan fingerprint density at radius 3 is 2.50 bits per heavy atom. The Kier molecular flexibility index (Phi) is 4.79. The molecule has 4 nitrogen and oxygen atoms in total. The SMILES string of the molecule is NC(=O)CSCCC(=O)N1CCCC1. The van der Waals surface area contributed by atoms with Crippen LogP contribution in [0.3, 0.4) is 0 Å². The summed E-state index contributed by atoms with van der Waals surface area (Å²) in [7, 11) is 0. The highest BCUT2D eigenvalue weighted by Crippen LogP contribution is 2.10. The van der Waals surface area contributed by atoms with Gasteiger partial charge in [-0.3, -0.25) is 9.59 Å². The molecule has 0 saturated carbocycles. The normalized spacial score (nSPS) is 15.9. The average molecular weight is 216 g/mol. The van der Waals surface area contributed by atoms with Crippen LogP contribution < -0.4 is 5.73 Å². The fourth-order valence-electron chi connectivity index (χ4n) is 1.46. The van der Waals surface area contributed by atoms with Gasteiger partial charge >= 0.3 is 0 Å². The number of amides is 2. The van der Waals surface area contributed by atoms with Gasteiger partial charge in [-0.05, 0) is 12.8 Å².